The third kappa shape index (κ3) is 1.90. The SMILES string of the molecule is [2H]C(=C)/C=C/c1ccccc1. The van der Waals surface area contributed by atoms with Gasteiger partial charge in [0.25, 0.3) is 0 Å². The van der Waals surface area contributed by atoms with Gasteiger partial charge in [-0.15, -0.1) is 0 Å². The van der Waals surface area contributed by atoms with Gasteiger partial charge < -0.3 is 0 Å². The van der Waals surface area contributed by atoms with Crippen molar-refractivity contribution < 1.29 is 1.37 Å². The molecule has 10 heavy (non-hydrogen) atoms. The second-order valence-corrected chi connectivity index (χ2v) is 1.95. The van der Waals surface area contributed by atoms with Crippen molar-refractivity contribution in [1.29, 1.82) is 0 Å². The Bertz CT molecular complexity index is 259. The Balaban J connectivity index is 2.72. The maximum atomic E-state index is 7.05. The predicted molar refractivity (Wildman–Crippen MR) is 45.7 cm³/mol. The molecule has 0 saturated heterocycles. The molecule has 50 valence electrons. The van der Waals surface area contributed by atoms with Crippen LogP contribution in [-0.4, -0.2) is 0 Å². The van der Waals surface area contributed by atoms with E-state index in [1.807, 2.05) is 36.4 Å². The van der Waals surface area contributed by atoms with Crippen LogP contribution in [0.25, 0.3) is 6.08 Å². The van der Waals surface area contributed by atoms with Gasteiger partial charge in [-0.3, -0.25) is 0 Å². The van der Waals surface area contributed by atoms with E-state index in [0.717, 1.165) is 5.56 Å². The zero-order valence-corrected chi connectivity index (χ0v) is 5.75. The van der Waals surface area contributed by atoms with Crippen molar-refractivity contribution in [2.24, 2.45) is 0 Å². The summed E-state index contributed by atoms with van der Waals surface area (Å²) in [7, 11) is 0. The summed E-state index contributed by atoms with van der Waals surface area (Å²) in [5.74, 6) is 0. The van der Waals surface area contributed by atoms with Crippen molar-refractivity contribution in [2.75, 3.05) is 0 Å². The molecule has 1 aromatic carbocycles. The Morgan fingerprint density at radius 3 is 2.60 bits per heavy atom. The van der Waals surface area contributed by atoms with E-state index in [4.69, 9.17) is 1.37 Å². The van der Waals surface area contributed by atoms with Crippen molar-refractivity contribution in [3.8, 4) is 0 Å². The molecular formula is C10H10. The van der Waals surface area contributed by atoms with Gasteiger partial charge in [-0.05, 0) is 5.56 Å². The van der Waals surface area contributed by atoms with Crippen LogP contribution in [0.15, 0.2) is 49.0 Å². The lowest BCUT2D eigenvalue weighted by Crippen LogP contribution is -1.65. The molecule has 0 bridgehead atoms. The van der Waals surface area contributed by atoms with E-state index >= 15 is 0 Å². The molecule has 0 radical (unpaired) electrons. The molecule has 0 spiro atoms. The highest BCUT2D eigenvalue weighted by Gasteiger charge is 1.78. The molecule has 0 unspecified atom stereocenters. The monoisotopic (exact) mass is 131 g/mol. The molecule has 1 aromatic rings. The van der Waals surface area contributed by atoms with E-state index in [9.17, 15) is 0 Å². The maximum absolute atomic E-state index is 7.05. The fourth-order valence-corrected chi connectivity index (χ4v) is 0.719. The predicted octanol–water partition coefficient (Wildman–Crippen LogP) is 2.89. The summed E-state index contributed by atoms with van der Waals surface area (Å²) in [6, 6.07) is 10.2. The summed E-state index contributed by atoms with van der Waals surface area (Å²) in [5.41, 5.74) is 1.10. The Morgan fingerprint density at radius 2 is 2.00 bits per heavy atom. The molecule has 1 rings (SSSR count). The zero-order chi connectivity index (χ0) is 8.10. The molecule has 0 fully saturated rings. The standard InChI is InChI=1S/C10H10/c1-2-3-7-10-8-5-4-6-9-10/h2-9H,1H2/b7-3+/i2D. The zero-order valence-electron chi connectivity index (χ0n) is 6.75. The molecule has 0 aliphatic carbocycles. The Labute approximate surface area is 62.9 Å². The van der Waals surface area contributed by atoms with Gasteiger partial charge in [0, 0.05) is 0 Å². The normalized spacial score (nSPS) is 11.4. The third-order valence-corrected chi connectivity index (χ3v) is 1.19. The van der Waals surface area contributed by atoms with Crippen LogP contribution in [-0.2, 0) is 0 Å². The molecule has 0 aliphatic heterocycles. The van der Waals surface area contributed by atoms with E-state index in [1.54, 1.807) is 6.08 Å². The average Bonchev–Trinajstić information content (AvgIpc) is 2.03. The van der Waals surface area contributed by atoms with Gasteiger partial charge in [0.2, 0.25) is 0 Å². The summed E-state index contributed by atoms with van der Waals surface area (Å²) < 4.78 is 7.05. The molecule has 0 atom stereocenters. The molecule has 0 nitrogen and oxygen atoms in total. The first-order chi connectivity index (χ1) is 5.29. The molecule has 0 heterocycles. The second kappa shape index (κ2) is 3.67. The van der Waals surface area contributed by atoms with Gasteiger partial charge in [-0.1, -0.05) is 55.1 Å². The summed E-state index contributed by atoms with van der Waals surface area (Å²) in [5, 5.41) is 0. The van der Waals surface area contributed by atoms with Gasteiger partial charge in [0.15, 0.2) is 0 Å². The largest absolute Gasteiger partial charge is 0.0991 e. The first kappa shape index (κ1) is 5.48. The van der Waals surface area contributed by atoms with E-state index < -0.39 is 0 Å². The first-order valence-corrected chi connectivity index (χ1v) is 3.17. The van der Waals surface area contributed by atoms with Crippen LogP contribution in [0.2, 0.25) is 0 Å². The lowest BCUT2D eigenvalue weighted by atomic mass is 10.2. The Morgan fingerprint density at radius 1 is 1.30 bits per heavy atom. The quantitative estimate of drug-likeness (QED) is 0.541. The van der Waals surface area contributed by atoms with Crippen LogP contribution in [0.1, 0.15) is 6.93 Å². The van der Waals surface area contributed by atoms with Crippen molar-refractivity contribution in [1.82, 2.24) is 0 Å². The van der Waals surface area contributed by atoms with E-state index in [2.05, 4.69) is 6.58 Å². The summed E-state index contributed by atoms with van der Waals surface area (Å²) in [6.07, 6.45) is 3.55. The molecule has 0 heteroatoms. The number of hydrogen-bond acceptors (Lipinski definition) is 0. The molecule has 0 aliphatic rings. The van der Waals surface area contributed by atoms with Crippen LogP contribution in [0, 0.1) is 0 Å². The Hall–Kier alpha value is -1.30. The molecule has 0 saturated carbocycles. The average molecular weight is 131 g/mol. The molecular weight excluding hydrogens is 120 g/mol. The van der Waals surface area contributed by atoms with Crippen LogP contribution in [0.4, 0.5) is 0 Å². The van der Waals surface area contributed by atoms with Gasteiger partial charge in [0.1, 0.15) is 0 Å². The van der Waals surface area contributed by atoms with Crippen LogP contribution >= 0.6 is 0 Å². The van der Waals surface area contributed by atoms with Gasteiger partial charge in [-0.2, -0.15) is 0 Å². The van der Waals surface area contributed by atoms with Gasteiger partial charge >= 0.3 is 0 Å². The van der Waals surface area contributed by atoms with E-state index in [1.165, 1.54) is 0 Å². The lowest BCUT2D eigenvalue weighted by molar-refractivity contribution is 1.66. The van der Waals surface area contributed by atoms with E-state index in [-0.39, 0.29) is 0 Å². The number of benzene rings is 1. The first-order valence-electron chi connectivity index (χ1n) is 3.67. The third-order valence-electron chi connectivity index (χ3n) is 1.19. The molecule has 0 aromatic heterocycles. The van der Waals surface area contributed by atoms with Crippen LogP contribution in [0.3, 0.4) is 0 Å². The number of rotatable bonds is 2. The minimum atomic E-state index is 0.328. The molecule has 0 amide bonds. The fourth-order valence-electron chi connectivity index (χ4n) is 0.719. The van der Waals surface area contributed by atoms with Crippen molar-refractivity contribution in [2.45, 2.75) is 0 Å². The van der Waals surface area contributed by atoms with Crippen molar-refractivity contribution in [3.05, 3.63) is 54.6 Å². The number of allylic oxidation sites excluding steroid dienone is 2. The smallest absolute Gasteiger partial charge is 0.0616 e. The maximum Gasteiger partial charge on any atom is 0.0616 e. The topological polar surface area (TPSA) is 0 Å². The highest BCUT2D eigenvalue weighted by Crippen LogP contribution is 1.99. The second-order valence-electron chi connectivity index (χ2n) is 1.95. The summed E-state index contributed by atoms with van der Waals surface area (Å²) in [6.45, 7) is 3.45. The highest BCUT2D eigenvalue weighted by atomic mass is 13.8. The van der Waals surface area contributed by atoms with Crippen molar-refractivity contribution in [3.63, 3.8) is 0 Å². The minimum absolute atomic E-state index is 0.328. The minimum Gasteiger partial charge on any atom is -0.0991 e. The Kier molecular flexibility index (Phi) is 2.01. The van der Waals surface area contributed by atoms with Crippen LogP contribution < -0.4 is 0 Å². The summed E-state index contributed by atoms with van der Waals surface area (Å²) >= 11 is 0. The van der Waals surface area contributed by atoms with E-state index in [0.29, 0.717) is 6.05 Å². The van der Waals surface area contributed by atoms with Crippen molar-refractivity contribution >= 4 is 6.08 Å². The van der Waals surface area contributed by atoms with Gasteiger partial charge in [-0.25, -0.2) is 0 Å². The lowest BCUT2D eigenvalue weighted by Gasteiger charge is -1.87. The number of hydrogen-bond donors (Lipinski definition) is 0. The molecule has 0 N–H and O–H groups in total. The fraction of sp³-hybridized carbons (Fsp3) is 0. The highest BCUT2D eigenvalue weighted by molar-refractivity contribution is 5.50. The summed E-state index contributed by atoms with van der Waals surface area (Å²) in [4.78, 5) is 0. The van der Waals surface area contributed by atoms with Crippen LogP contribution in [0.5, 0.6) is 0 Å². The van der Waals surface area contributed by atoms with Gasteiger partial charge in [0.05, 0.1) is 1.37 Å².